The van der Waals surface area contributed by atoms with Crippen LogP contribution in [0, 0.1) is 5.41 Å². The maximum atomic E-state index is 12.9. The number of halogens is 1. The molecule has 0 radical (unpaired) electrons. The van der Waals surface area contributed by atoms with E-state index in [1.165, 1.54) is 0 Å². The highest BCUT2D eigenvalue weighted by Crippen LogP contribution is 2.41. The fourth-order valence-electron chi connectivity index (χ4n) is 4.53. The Morgan fingerprint density at radius 3 is 2.68 bits per heavy atom. The molecule has 0 bridgehead atoms. The van der Waals surface area contributed by atoms with E-state index in [0.29, 0.717) is 5.02 Å². The second kappa shape index (κ2) is 8.22. The second-order valence-corrected chi connectivity index (χ2v) is 8.78. The Balaban J connectivity index is 1.21. The van der Waals surface area contributed by atoms with Gasteiger partial charge in [-0.15, -0.1) is 0 Å². The van der Waals surface area contributed by atoms with Crippen molar-refractivity contribution in [3.05, 3.63) is 58.7 Å². The van der Waals surface area contributed by atoms with E-state index in [0.717, 1.165) is 75.4 Å². The smallest absolute Gasteiger partial charge is 0.169 e. The number of Topliss-reactive ketones (excluding diaryl/α,β-unsaturated/α-hetero) is 1. The zero-order valence-corrected chi connectivity index (χ0v) is 17.3. The monoisotopic (exact) mass is 397 g/mol. The van der Waals surface area contributed by atoms with Gasteiger partial charge in [-0.2, -0.15) is 0 Å². The maximum Gasteiger partial charge on any atom is 0.169 e. The fraction of sp³-hybridized carbons (Fsp3) is 0.478. The van der Waals surface area contributed by atoms with Gasteiger partial charge in [0.05, 0.1) is 0 Å². The van der Waals surface area contributed by atoms with E-state index in [4.69, 9.17) is 11.6 Å². The molecule has 0 amide bonds. The summed E-state index contributed by atoms with van der Waals surface area (Å²) in [6.07, 6.45) is 5.89. The molecule has 1 atom stereocenters. The Bertz CT molecular complexity index is 833. The van der Waals surface area contributed by atoms with Crippen LogP contribution in [0.3, 0.4) is 0 Å². The van der Waals surface area contributed by atoms with Gasteiger partial charge in [0.25, 0.3) is 0 Å². The molecule has 4 rings (SSSR count). The number of benzene rings is 1. The molecule has 2 heterocycles. The van der Waals surface area contributed by atoms with Gasteiger partial charge in [0, 0.05) is 48.4 Å². The number of pyridine rings is 1. The third kappa shape index (κ3) is 4.08. The third-order valence-electron chi connectivity index (χ3n) is 6.24. The van der Waals surface area contributed by atoms with Gasteiger partial charge in [-0.3, -0.25) is 9.69 Å². The van der Waals surface area contributed by atoms with Crippen LogP contribution in [-0.2, 0) is 6.42 Å². The first-order valence-electron chi connectivity index (χ1n) is 10.3. The largest absolute Gasteiger partial charge is 0.354 e. The Morgan fingerprint density at radius 1 is 1.11 bits per heavy atom. The minimum Gasteiger partial charge on any atom is -0.354 e. The van der Waals surface area contributed by atoms with Crippen LogP contribution >= 0.6 is 11.6 Å². The van der Waals surface area contributed by atoms with Crippen molar-refractivity contribution in [1.29, 1.82) is 0 Å². The lowest BCUT2D eigenvalue weighted by molar-refractivity contribution is 0.0824. The lowest BCUT2D eigenvalue weighted by Gasteiger charge is -2.35. The number of unbranched alkanes of at least 4 members (excludes halogenated alkanes) is 1. The molecule has 1 fully saturated rings. The molecule has 2 aromatic rings. The van der Waals surface area contributed by atoms with Crippen LogP contribution < -0.4 is 4.90 Å². The molecular formula is C23H28ClN3O. The quantitative estimate of drug-likeness (QED) is 0.674. The molecule has 0 spiro atoms. The first kappa shape index (κ1) is 19.4. The molecule has 2 aliphatic rings. The van der Waals surface area contributed by atoms with Gasteiger partial charge in [0.15, 0.2) is 5.78 Å². The number of carbonyl (C=O) groups is 1. The summed E-state index contributed by atoms with van der Waals surface area (Å²) < 4.78 is 0. The highest BCUT2D eigenvalue weighted by molar-refractivity contribution is 6.31. The molecule has 1 saturated heterocycles. The summed E-state index contributed by atoms with van der Waals surface area (Å²) in [6.45, 7) is 7.45. The van der Waals surface area contributed by atoms with Crippen LogP contribution in [0.4, 0.5) is 5.82 Å². The molecule has 5 heteroatoms. The molecule has 148 valence electrons. The van der Waals surface area contributed by atoms with E-state index in [1.54, 1.807) is 0 Å². The van der Waals surface area contributed by atoms with E-state index in [-0.39, 0.29) is 11.2 Å². The van der Waals surface area contributed by atoms with E-state index in [9.17, 15) is 4.79 Å². The molecule has 1 aromatic carbocycles. The van der Waals surface area contributed by atoms with E-state index < -0.39 is 0 Å². The Hall–Kier alpha value is -1.91. The first-order valence-corrected chi connectivity index (χ1v) is 10.6. The molecule has 1 aliphatic heterocycles. The van der Waals surface area contributed by atoms with Crippen molar-refractivity contribution in [3.63, 3.8) is 0 Å². The Labute approximate surface area is 172 Å². The normalized spacial score (nSPS) is 22.5. The highest BCUT2D eigenvalue weighted by atomic mass is 35.5. The van der Waals surface area contributed by atoms with Crippen LogP contribution in [0.1, 0.15) is 42.1 Å². The van der Waals surface area contributed by atoms with Gasteiger partial charge in [-0.05, 0) is 55.6 Å². The van der Waals surface area contributed by atoms with E-state index >= 15 is 0 Å². The maximum absolute atomic E-state index is 12.9. The summed E-state index contributed by atoms with van der Waals surface area (Å²) in [5.41, 5.74) is 1.73. The number of hydrogen-bond donors (Lipinski definition) is 0. The van der Waals surface area contributed by atoms with Crippen molar-refractivity contribution in [3.8, 4) is 0 Å². The summed E-state index contributed by atoms with van der Waals surface area (Å²) in [5.74, 6) is 1.35. The third-order valence-corrected chi connectivity index (χ3v) is 6.48. The van der Waals surface area contributed by atoms with Crippen LogP contribution in [0.5, 0.6) is 0 Å². The average molecular weight is 398 g/mol. The number of anilines is 1. The lowest BCUT2D eigenvalue weighted by atomic mass is 9.81. The number of nitrogens with zero attached hydrogens (tertiary/aromatic N) is 3. The van der Waals surface area contributed by atoms with Crippen LogP contribution in [-0.4, -0.2) is 48.4 Å². The average Bonchev–Trinajstić information content (AvgIpc) is 2.97. The van der Waals surface area contributed by atoms with Gasteiger partial charge in [0.2, 0.25) is 0 Å². The van der Waals surface area contributed by atoms with Crippen molar-refractivity contribution in [2.75, 3.05) is 37.6 Å². The van der Waals surface area contributed by atoms with E-state index in [2.05, 4.69) is 27.8 Å². The van der Waals surface area contributed by atoms with Crippen LogP contribution in [0.15, 0.2) is 42.6 Å². The molecular weight excluding hydrogens is 370 g/mol. The molecule has 0 N–H and O–H groups in total. The molecule has 1 aromatic heterocycles. The minimum absolute atomic E-state index is 0.259. The van der Waals surface area contributed by atoms with Crippen molar-refractivity contribution in [2.24, 2.45) is 5.41 Å². The lowest BCUT2D eigenvalue weighted by Crippen LogP contribution is -2.46. The summed E-state index contributed by atoms with van der Waals surface area (Å²) in [4.78, 5) is 22.2. The van der Waals surface area contributed by atoms with Crippen molar-refractivity contribution >= 4 is 23.2 Å². The minimum atomic E-state index is -0.259. The number of ketones is 1. The Kier molecular flexibility index (Phi) is 5.70. The molecule has 4 nitrogen and oxygen atoms in total. The van der Waals surface area contributed by atoms with Gasteiger partial charge in [-0.25, -0.2) is 4.98 Å². The SMILES string of the molecule is CC1(CCCCN2CCN(c3ccccn3)CC2)Cc2ccc(Cl)cc2C1=O. The number of rotatable bonds is 6. The summed E-state index contributed by atoms with van der Waals surface area (Å²) >= 11 is 6.08. The molecule has 1 aliphatic carbocycles. The van der Waals surface area contributed by atoms with Crippen molar-refractivity contribution < 1.29 is 4.79 Å². The predicted octanol–water partition coefficient (Wildman–Crippen LogP) is 4.47. The van der Waals surface area contributed by atoms with Crippen LogP contribution in [0.2, 0.25) is 5.02 Å². The summed E-state index contributed by atoms with van der Waals surface area (Å²) in [7, 11) is 0. The first-order chi connectivity index (χ1) is 13.5. The number of hydrogen-bond acceptors (Lipinski definition) is 4. The van der Waals surface area contributed by atoms with Gasteiger partial charge in [0.1, 0.15) is 5.82 Å². The zero-order valence-electron chi connectivity index (χ0n) is 16.5. The van der Waals surface area contributed by atoms with Crippen molar-refractivity contribution in [2.45, 2.75) is 32.6 Å². The molecule has 0 saturated carbocycles. The van der Waals surface area contributed by atoms with E-state index in [1.807, 2.05) is 36.5 Å². The Morgan fingerprint density at radius 2 is 1.93 bits per heavy atom. The highest BCUT2D eigenvalue weighted by Gasteiger charge is 2.40. The number of carbonyl (C=O) groups excluding carboxylic acids is 1. The predicted molar refractivity (Wildman–Crippen MR) is 114 cm³/mol. The second-order valence-electron chi connectivity index (χ2n) is 8.34. The van der Waals surface area contributed by atoms with Crippen LogP contribution in [0.25, 0.3) is 0 Å². The number of aromatic nitrogens is 1. The van der Waals surface area contributed by atoms with Gasteiger partial charge < -0.3 is 4.90 Å². The zero-order chi connectivity index (χ0) is 19.6. The van der Waals surface area contributed by atoms with Crippen molar-refractivity contribution in [1.82, 2.24) is 9.88 Å². The summed E-state index contributed by atoms with van der Waals surface area (Å²) in [5, 5.41) is 0.654. The van der Waals surface area contributed by atoms with Gasteiger partial charge in [-0.1, -0.05) is 37.1 Å². The number of piperazine rings is 1. The molecule has 28 heavy (non-hydrogen) atoms. The standard InChI is InChI=1S/C23H28ClN3O/c1-23(17-18-7-8-19(24)16-20(18)22(23)28)9-3-5-11-26-12-14-27(15-13-26)21-6-2-4-10-25-21/h2,4,6-8,10,16H,3,5,9,11-15,17H2,1H3. The van der Waals surface area contributed by atoms with Gasteiger partial charge >= 0.3 is 0 Å². The number of fused-ring (bicyclic) bond motifs is 1. The topological polar surface area (TPSA) is 36.4 Å². The molecule has 1 unspecified atom stereocenters. The fourth-order valence-corrected chi connectivity index (χ4v) is 4.71. The summed E-state index contributed by atoms with van der Waals surface area (Å²) in [6, 6.07) is 11.8.